The van der Waals surface area contributed by atoms with Gasteiger partial charge in [0.2, 0.25) is 5.91 Å². The third kappa shape index (κ3) is 5.14. The van der Waals surface area contributed by atoms with Gasteiger partial charge in [0.25, 0.3) is 0 Å². The zero-order chi connectivity index (χ0) is 11.1. The molecule has 88 valence electrons. The molecule has 15 heavy (non-hydrogen) atoms. The van der Waals surface area contributed by atoms with Crippen LogP contribution in [0.3, 0.4) is 0 Å². The Bertz CT molecular complexity index is 188. The van der Waals surface area contributed by atoms with Crippen molar-refractivity contribution in [2.45, 2.75) is 32.2 Å². The molecule has 4 heteroatoms. The van der Waals surface area contributed by atoms with Crippen LogP contribution in [0.5, 0.6) is 0 Å². The fourth-order valence-electron chi connectivity index (χ4n) is 1.78. The van der Waals surface area contributed by atoms with E-state index < -0.39 is 0 Å². The zero-order valence-corrected chi connectivity index (χ0v) is 9.88. The van der Waals surface area contributed by atoms with Crippen molar-refractivity contribution >= 4 is 5.91 Å². The second-order valence-electron chi connectivity index (χ2n) is 4.31. The molecule has 0 bridgehead atoms. The lowest BCUT2D eigenvalue weighted by Crippen LogP contribution is -2.44. The number of rotatable bonds is 5. The van der Waals surface area contributed by atoms with E-state index in [1.54, 1.807) is 0 Å². The molecule has 2 N–H and O–H groups in total. The van der Waals surface area contributed by atoms with E-state index in [1.807, 2.05) is 0 Å². The molecule has 1 aliphatic heterocycles. The number of carbonyl (C=O) groups excluding carboxylic acids is 1. The van der Waals surface area contributed by atoms with Crippen molar-refractivity contribution in [2.24, 2.45) is 0 Å². The average Bonchev–Trinajstić information content (AvgIpc) is 2.25. The summed E-state index contributed by atoms with van der Waals surface area (Å²) >= 11 is 0. The van der Waals surface area contributed by atoms with Crippen LogP contribution in [0.2, 0.25) is 0 Å². The maximum atomic E-state index is 11.3. The summed E-state index contributed by atoms with van der Waals surface area (Å²) in [6, 6.07) is 0.522. The van der Waals surface area contributed by atoms with Gasteiger partial charge in [-0.1, -0.05) is 6.92 Å². The molecular formula is C11H23N3O. The Morgan fingerprint density at radius 1 is 1.40 bits per heavy atom. The Kier molecular flexibility index (Phi) is 5.65. The number of hydrogen-bond donors (Lipinski definition) is 2. The Hall–Kier alpha value is -0.610. The normalized spacial score (nSPS) is 19.1. The van der Waals surface area contributed by atoms with Crippen molar-refractivity contribution < 1.29 is 4.79 Å². The third-order valence-corrected chi connectivity index (χ3v) is 2.84. The van der Waals surface area contributed by atoms with Crippen molar-refractivity contribution in [1.82, 2.24) is 15.5 Å². The number of amides is 1. The summed E-state index contributed by atoms with van der Waals surface area (Å²) in [6.45, 7) is 5.58. The van der Waals surface area contributed by atoms with E-state index in [0.29, 0.717) is 12.6 Å². The minimum absolute atomic E-state index is 0.121. The molecule has 0 saturated carbocycles. The number of nitrogens with zero attached hydrogens (tertiary/aromatic N) is 1. The topological polar surface area (TPSA) is 44.4 Å². The van der Waals surface area contributed by atoms with Gasteiger partial charge in [0, 0.05) is 12.6 Å². The van der Waals surface area contributed by atoms with Crippen molar-refractivity contribution in [1.29, 1.82) is 0 Å². The summed E-state index contributed by atoms with van der Waals surface area (Å²) in [7, 11) is 2.14. The van der Waals surface area contributed by atoms with Gasteiger partial charge >= 0.3 is 0 Å². The molecule has 1 amide bonds. The molecule has 1 saturated heterocycles. The maximum Gasteiger partial charge on any atom is 0.233 e. The highest BCUT2D eigenvalue weighted by Gasteiger charge is 2.16. The predicted molar refractivity (Wildman–Crippen MR) is 61.8 cm³/mol. The van der Waals surface area contributed by atoms with Gasteiger partial charge in [0.1, 0.15) is 0 Å². The second-order valence-corrected chi connectivity index (χ2v) is 4.31. The molecule has 0 unspecified atom stereocenters. The minimum atomic E-state index is 0.121. The monoisotopic (exact) mass is 213 g/mol. The van der Waals surface area contributed by atoms with E-state index in [-0.39, 0.29) is 5.91 Å². The Balaban J connectivity index is 2.06. The SMILES string of the molecule is CCCNC(=O)CNC1CCN(C)CC1. The van der Waals surface area contributed by atoms with Gasteiger partial charge in [-0.25, -0.2) is 0 Å². The molecule has 1 rings (SSSR count). The largest absolute Gasteiger partial charge is 0.355 e. The summed E-state index contributed by atoms with van der Waals surface area (Å²) in [5.74, 6) is 0.121. The lowest BCUT2D eigenvalue weighted by molar-refractivity contribution is -0.120. The molecule has 0 aliphatic carbocycles. The van der Waals surface area contributed by atoms with Crippen LogP contribution >= 0.6 is 0 Å². The van der Waals surface area contributed by atoms with Crippen LogP contribution in [0.1, 0.15) is 26.2 Å². The highest BCUT2D eigenvalue weighted by molar-refractivity contribution is 5.77. The van der Waals surface area contributed by atoms with Crippen molar-refractivity contribution in [3.05, 3.63) is 0 Å². The molecule has 0 aromatic heterocycles. The van der Waals surface area contributed by atoms with Crippen LogP contribution < -0.4 is 10.6 Å². The smallest absolute Gasteiger partial charge is 0.233 e. The summed E-state index contributed by atoms with van der Waals surface area (Å²) in [5, 5.41) is 6.18. The number of nitrogens with one attached hydrogen (secondary N) is 2. The standard InChI is InChI=1S/C11H23N3O/c1-3-6-12-11(15)9-13-10-4-7-14(2)8-5-10/h10,13H,3-9H2,1-2H3,(H,12,15). The molecule has 1 aliphatic rings. The number of carbonyl (C=O) groups is 1. The summed E-state index contributed by atoms with van der Waals surface area (Å²) in [5.41, 5.74) is 0. The van der Waals surface area contributed by atoms with Gasteiger partial charge in [-0.2, -0.15) is 0 Å². The second kappa shape index (κ2) is 6.80. The number of hydrogen-bond acceptors (Lipinski definition) is 3. The molecule has 1 heterocycles. The molecule has 0 atom stereocenters. The van der Waals surface area contributed by atoms with Crippen LogP contribution in [0, 0.1) is 0 Å². The zero-order valence-electron chi connectivity index (χ0n) is 9.88. The van der Waals surface area contributed by atoms with Crippen molar-refractivity contribution in [3.8, 4) is 0 Å². The van der Waals surface area contributed by atoms with Gasteiger partial charge < -0.3 is 15.5 Å². The summed E-state index contributed by atoms with van der Waals surface area (Å²) in [6.07, 6.45) is 3.30. The number of likely N-dealkylation sites (tertiary alicyclic amines) is 1. The fourth-order valence-corrected chi connectivity index (χ4v) is 1.78. The van der Waals surface area contributed by atoms with Crippen molar-refractivity contribution in [2.75, 3.05) is 33.2 Å². The minimum Gasteiger partial charge on any atom is -0.355 e. The lowest BCUT2D eigenvalue weighted by atomic mass is 10.1. The van der Waals surface area contributed by atoms with Gasteiger partial charge in [-0.3, -0.25) is 4.79 Å². The Labute approximate surface area is 92.4 Å². The van der Waals surface area contributed by atoms with Crippen LogP contribution in [0.15, 0.2) is 0 Å². The first kappa shape index (κ1) is 12.5. The van der Waals surface area contributed by atoms with Gasteiger partial charge in [0.15, 0.2) is 0 Å². The fraction of sp³-hybridized carbons (Fsp3) is 0.909. The highest BCUT2D eigenvalue weighted by atomic mass is 16.1. The third-order valence-electron chi connectivity index (χ3n) is 2.84. The molecular weight excluding hydrogens is 190 g/mol. The maximum absolute atomic E-state index is 11.3. The van der Waals surface area contributed by atoms with E-state index in [2.05, 4.69) is 29.5 Å². The predicted octanol–water partition coefficient (Wildman–Crippen LogP) is 0.196. The first-order valence-corrected chi connectivity index (χ1v) is 5.91. The first-order valence-electron chi connectivity index (χ1n) is 5.91. The van der Waals surface area contributed by atoms with E-state index in [0.717, 1.165) is 38.9 Å². The van der Waals surface area contributed by atoms with Crippen LogP contribution in [-0.4, -0.2) is 50.1 Å². The number of piperidine rings is 1. The van der Waals surface area contributed by atoms with Crippen LogP contribution in [0.25, 0.3) is 0 Å². The van der Waals surface area contributed by atoms with Crippen molar-refractivity contribution in [3.63, 3.8) is 0 Å². The molecule has 0 aromatic carbocycles. The summed E-state index contributed by atoms with van der Waals surface area (Å²) < 4.78 is 0. The molecule has 0 radical (unpaired) electrons. The summed E-state index contributed by atoms with van der Waals surface area (Å²) in [4.78, 5) is 13.7. The lowest BCUT2D eigenvalue weighted by Gasteiger charge is -2.29. The molecule has 0 aromatic rings. The van der Waals surface area contributed by atoms with E-state index in [9.17, 15) is 4.79 Å². The van der Waals surface area contributed by atoms with Gasteiger partial charge in [-0.05, 0) is 39.4 Å². The van der Waals surface area contributed by atoms with Crippen LogP contribution in [-0.2, 0) is 4.79 Å². The van der Waals surface area contributed by atoms with E-state index in [4.69, 9.17) is 0 Å². The quantitative estimate of drug-likeness (QED) is 0.685. The average molecular weight is 213 g/mol. The Morgan fingerprint density at radius 2 is 2.07 bits per heavy atom. The highest BCUT2D eigenvalue weighted by Crippen LogP contribution is 2.07. The molecule has 0 spiro atoms. The van der Waals surface area contributed by atoms with Gasteiger partial charge in [-0.15, -0.1) is 0 Å². The van der Waals surface area contributed by atoms with E-state index >= 15 is 0 Å². The van der Waals surface area contributed by atoms with E-state index in [1.165, 1.54) is 0 Å². The molecule has 4 nitrogen and oxygen atoms in total. The molecule has 1 fully saturated rings. The first-order chi connectivity index (χ1) is 7.22. The van der Waals surface area contributed by atoms with Gasteiger partial charge in [0.05, 0.1) is 6.54 Å². The van der Waals surface area contributed by atoms with Crippen LogP contribution in [0.4, 0.5) is 0 Å². The Morgan fingerprint density at radius 3 is 2.67 bits per heavy atom.